The average molecular weight is 548 g/mol. The van der Waals surface area contributed by atoms with Gasteiger partial charge in [-0.1, -0.05) is 12.1 Å². The van der Waals surface area contributed by atoms with Gasteiger partial charge in [-0.3, -0.25) is 4.79 Å². The molecule has 1 saturated heterocycles. The molecule has 0 atom stereocenters. The normalized spacial score (nSPS) is 14.7. The fourth-order valence-electron chi connectivity index (χ4n) is 4.87. The Bertz CT molecular complexity index is 1480. The van der Waals surface area contributed by atoms with E-state index in [1.54, 1.807) is 11.8 Å². The number of amides is 1. The number of hydrogen-bond acceptors (Lipinski definition) is 8. The topological polar surface area (TPSA) is 64.1 Å². The lowest BCUT2D eigenvalue weighted by molar-refractivity contribution is 0.0733. The summed E-state index contributed by atoms with van der Waals surface area (Å²) in [6.07, 6.45) is 2.07. The van der Waals surface area contributed by atoms with Gasteiger partial charge in [0.15, 0.2) is 11.5 Å². The Hall–Kier alpha value is -3.27. The lowest BCUT2D eigenvalue weighted by Gasteiger charge is -2.31. The predicted octanol–water partition coefficient (Wildman–Crippen LogP) is 5.73. The molecule has 38 heavy (non-hydrogen) atoms. The van der Waals surface area contributed by atoms with Crippen LogP contribution in [0.25, 0.3) is 10.9 Å². The van der Waals surface area contributed by atoms with Gasteiger partial charge in [0.2, 0.25) is 6.79 Å². The molecule has 1 amide bonds. The van der Waals surface area contributed by atoms with Crippen LogP contribution in [0.2, 0.25) is 0 Å². The van der Waals surface area contributed by atoms with Crippen LogP contribution in [-0.2, 0) is 17.8 Å². The SMILES string of the molecule is CSc1ccc2cc(CN(Cc3ccc4c(c3)OCO4)C(=O)c3sccc3C)c(N3CCOCC3)nc2c1. The summed E-state index contributed by atoms with van der Waals surface area (Å²) >= 11 is 3.19. The molecule has 6 rings (SSSR count). The van der Waals surface area contributed by atoms with Gasteiger partial charge in [-0.2, -0.15) is 0 Å². The van der Waals surface area contributed by atoms with Crippen molar-refractivity contribution in [3.63, 3.8) is 0 Å². The van der Waals surface area contributed by atoms with Crippen molar-refractivity contribution in [1.82, 2.24) is 9.88 Å². The van der Waals surface area contributed by atoms with Gasteiger partial charge in [0, 0.05) is 35.5 Å². The first-order valence-electron chi connectivity index (χ1n) is 12.6. The van der Waals surface area contributed by atoms with Crippen LogP contribution < -0.4 is 14.4 Å². The number of rotatable bonds is 7. The van der Waals surface area contributed by atoms with Crippen LogP contribution >= 0.6 is 23.1 Å². The van der Waals surface area contributed by atoms with Gasteiger partial charge in [0.25, 0.3) is 5.91 Å². The van der Waals surface area contributed by atoms with Crippen LogP contribution in [0.15, 0.2) is 58.8 Å². The molecule has 2 aliphatic rings. The second-order valence-electron chi connectivity index (χ2n) is 9.41. The van der Waals surface area contributed by atoms with Gasteiger partial charge in [-0.25, -0.2) is 4.98 Å². The number of aromatic nitrogens is 1. The van der Waals surface area contributed by atoms with E-state index in [0.717, 1.165) is 57.1 Å². The largest absolute Gasteiger partial charge is 0.454 e. The number of morpholine rings is 1. The van der Waals surface area contributed by atoms with Crippen LogP contribution in [-0.4, -0.2) is 55.1 Å². The Balaban J connectivity index is 1.40. The third kappa shape index (κ3) is 5.06. The summed E-state index contributed by atoms with van der Waals surface area (Å²) in [5.41, 5.74) is 3.97. The van der Waals surface area contributed by atoms with Crippen LogP contribution in [0.5, 0.6) is 11.5 Å². The first-order chi connectivity index (χ1) is 18.6. The summed E-state index contributed by atoms with van der Waals surface area (Å²) in [5, 5.41) is 3.04. The first-order valence-corrected chi connectivity index (χ1v) is 14.7. The van der Waals surface area contributed by atoms with E-state index >= 15 is 0 Å². The molecule has 9 heteroatoms. The number of anilines is 1. The van der Waals surface area contributed by atoms with Crippen molar-refractivity contribution in [3.8, 4) is 11.5 Å². The number of pyridine rings is 1. The summed E-state index contributed by atoms with van der Waals surface area (Å²) < 4.78 is 16.7. The Kier molecular flexibility index (Phi) is 7.14. The molecule has 2 aromatic carbocycles. The smallest absolute Gasteiger partial charge is 0.264 e. The number of carbonyl (C=O) groups is 1. The third-order valence-electron chi connectivity index (χ3n) is 6.91. The van der Waals surface area contributed by atoms with Crippen molar-refractivity contribution < 1.29 is 19.0 Å². The molecule has 0 saturated carbocycles. The number of thiophene rings is 1. The molecule has 1 fully saturated rings. The molecule has 196 valence electrons. The lowest BCUT2D eigenvalue weighted by atomic mass is 10.1. The molecule has 7 nitrogen and oxygen atoms in total. The molecule has 0 aliphatic carbocycles. The van der Waals surface area contributed by atoms with Gasteiger partial charge in [-0.05, 0) is 66.1 Å². The Morgan fingerprint density at radius 3 is 2.68 bits per heavy atom. The van der Waals surface area contributed by atoms with E-state index in [-0.39, 0.29) is 12.7 Å². The van der Waals surface area contributed by atoms with Gasteiger partial charge in [0.05, 0.1) is 30.2 Å². The number of benzene rings is 2. The van der Waals surface area contributed by atoms with Crippen molar-refractivity contribution in [2.75, 3.05) is 44.3 Å². The number of aryl methyl sites for hydroxylation is 1. The van der Waals surface area contributed by atoms with Crippen LogP contribution in [0, 0.1) is 6.92 Å². The minimum atomic E-state index is 0.0147. The van der Waals surface area contributed by atoms with Crippen molar-refractivity contribution in [3.05, 3.63) is 75.5 Å². The Morgan fingerprint density at radius 1 is 1.05 bits per heavy atom. The van der Waals surface area contributed by atoms with Gasteiger partial charge in [-0.15, -0.1) is 23.1 Å². The van der Waals surface area contributed by atoms with Crippen LogP contribution in [0.3, 0.4) is 0 Å². The summed E-state index contributed by atoms with van der Waals surface area (Å²) in [7, 11) is 0. The van der Waals surface area contributed by atoms with Crippen molar-refractivity contribution in [2.24, 2.45) is 0 Å². The zero-order chi connectivity index (χ0) is 26.1. The molecule has 2 aliphatic heterocycles. The van der Waals surface area contributed by atoms with Crippen molar-refractivity contribution in [2.45, 2.75) is 24.9 Å². The Labute approximate surface area is 230 Å². The highest BCUT2D eigenvalue weighted by molar-refractivity contribution is 7.98. The molecule has 2 aromatic heterocycles. The zero-order valence-electron chi connectivity index (χ0n) is 21.4. The highest BCUT2D eigenvalue weighted by atomic mass is 32.2. The van der Waals surface area contributed by atoms with Gasteiger partial charge < -0.3 is 24.0 Å². The predicted molar refractivity (Wildman–Crippen MR) is 152 cm³/mol. The molecule has 0 bridgehead atoms. The van der Waals surface area contributed by atoms with E-state index in [1.165, 1.54) is 16.2 Å². The van der Waals surface area contributed by atoms with E-state index in [4.69, 9.17) is 19.2 Å². The number of hydrogen-bond donors (Lipinski definition) is 0. The summed E-state index contributed by atoms with van der Waals surface area (Å²) in [4.78, 5) is 25.2. The summed E-state index contributed by atoms with van der Waals surface area (Å²) in [5.74, 6) is 2.39. The Morgan fingerprint density at radius 2 is 1.89 bits per heavy atom. The highest BCUT2D eigenvalue weighted by Gasteiger charge is 2.25. The van der Waals surface area contributed by atoms with Crippen molar-refractivity contribution in [1.29, 1.82) is 0 Å². The molecule has 0 spiro atoms. The molecular formula is C29H29N3O4S2. The molecule has 0 N–H and O–H groups in total. The fraction of sp³-hybridized carbons (Fsp3) is 0.310. The second kappa shape index (κ2) is 10.8. The fourth-order valence-corrected chi connectivity index (χ4v) is 6.20. The van der Waals surface area contributed by atoms with E-state index < -0.39 is 0 Å². The maximum Gasteiger partial charge on any atom is 0.264 e. The number of carbonyl (C=O) groups excluding carboxylic acids is 1. The second-order valence-corrected chi connectivity index (χ2v) is 11.2. The van der Waals surface area contributed by atoms with E-state index in [9.17, 15) is 4.79 Å². The van der Waals surface area contributed by atoms with Gasteiger partial charge >= 0.3 is 0 Å². The molecule has 0 radical (unpaired) electrons. The minimum Gasteiger partial charge on any atom is -0.454 e. The van der Waals surface area contributed by atoms with Crippen LogP contribution in [0.1, 0.15) is 26.4 Å². The van der Waals surface area contributed by atoms with Crippen molar-refractivity contribution >= 4 is 45.7 Å². The molecule has 4 aromatic rings. The maximum absolute atomic E-state index is 13.9. The minimum absolute atomic E-state index is 0.0147. The monoisotopic (exact) mass is 547 g/mol. The zero-order valence-corrected chi connectivity index (χ0v) is 23.1. The third-order valence-corrected chi connectivity index (χ3v) is 8.64. The van der Waals surface area contributed by atoms with Gasteiger partial charge in [0.1, 0.15) is 5.82 Å². The molecular weight excluding hydrogens is 518 g/mol. The number of thioether (sulfide) groups is 1. The number of ether oxygens (including phenoxy) is 3. The highest BCUT2D eigenvalue weighted by Crippen LogP contribution is 2.34. The molecule has 0 unspecified atom stereocenters. The molecule has 4 heterocycles. The summed E-state index contributed by atoms with van der Waals surface area (Å²) in [6, 6.07) is 16.5. The van der Waals surface area contributed by atoms with E-state index in [2.05, 4.69) is 35.4 Å². The summed E-state index contributed by atoms with van der Waals surface area (Å²) in [6.45, 7) is 5.96. The van der Waals surface area contributed by atoms with Crippen LogP contribution in [0.4, 0.5) is 5.82 Å². The lowest BCUT2D eigenvalue weighted by Crippen LogP contribution is -2.38. The van der Waals surface area contributed by atoms with E-state index in [1.807, 2.05) is 41.5 Å². The first kappa shape index (κ1) is 25.0. The van der Waals surface area contributed by atoms with E-state index in [0.29, 0.717) is 32.1 Å². The average Bonchev–Trinajstić information content (AvgIpc) is 3.60. The maximum atomic E-state index is 13.9. The standard InChI is InChI=1S/C29H29N3O4S2/c1-19-7-12-38-27(19)29(33)32(16-20-3-6-25-26(13-20)36-18-35-25)17-22-14-21-4-5-23(37-2)15-24(21)30-28(22)31-8-10-34-11-9-31/h3-7,12-15H,8-11,16-18H2,1-2H3. The quantitative estimate of drug-likeness (QED) is 0.274. The number of nitrogens with zero attached hydrogens (tertiary/aromatic N) is 3. The number of fused-ring (bicyclic) bond motifs is 2.